The summed E-state index contributed by atoms with van der Waals surface area (Å²) in [6, 6.07) is 0. The highest BCUT2D eigenvalue weighted by Crippen LogP contribution is 2.47. The molecular formula is C13H22ClN3. The van der Waals surface area contributed by atoms with Crippen LogP contribution in [0.2, 0.25) is 5.02 Å². The molecule has 1 aliphatic heterocycles. The summed E-state index contributed by atoms with van der Waals surface area (Å²) in [5.74, 6) is 0. The van der Waals surface area contributed by atoms with E-state index in [0.29, 0.717) is 0 Å². The number of aryl methyl sites for hydroxylation is 1. The van der Waals surface area contributed by atoms with Crippen molar-refractivity contribution in [3.8, 4) is 0 Å². The third kappa shape index (κ3) is 1.89. The number of hydrogen-bond acceptors (Lipinski definition) is 2. The van der Waals surface area contributed by atoms with Crippen molar-refractivity contribution in [2.24, 2.45) is 5.41 Å². The largest absolute Gasteiger partial charge is 0.306 e. The molecule has 1 N–H and O–H groups in total. The van der Waals surface area contributed by atoms with E-state index in [0.717, 1.165) is 30.2 Å². The summed E-state index contributed by atoms with van der Waals surface area (Å²) in [7, 11) is 0. The van der Waals surface area contributed by atoms with Crippen LogP contribution >= 0.6 is 11.6 Å². The van der Waals surface area contributed by atoms with Gasteiger partial charge in [0.2, 0.25) is 0 Å². The highest BCUT2D eigenvalue weighted by molar-refractivity contribution is 6.31. The normalized spacial score (nSPS) is 25.5. The fourth-order valence-corrected chi connectivity index (χ4v) is 3.27. The predicted molar refractivity (Wildman–Crippen MR) is 71.3 cm³/mol. The Kier molecular flexibility index (Phi) is 3.25. The third-order valence-corrected chi connectivity index (χ3v) is 4.21. The van der Waals surface area contributed by atoms with Gasteiger partial charge in [-0.25, -0.2) is 0 Å². The average molecular weight is 256 g/mol. The molecule has 0 spiro atoms. The number of rotatable bonds is 2. The first-order chi connectivity index (χ1) is 7.92. The highest BCUT2D eigenvalue weighted by atomic mass is 35.5. The topological polar surface area (TPSA) is 29.9 Å². The van der Waals surface area contributed by atoms with Crippen molar-refractivity contribution >= 4 is 11.6 Å². The third-order valence-electron chi connectivity index (χ3n) is 3.93. The Morgan fingerprint density at radius 2 is 2.24 bits per heavy atom. The fourth-order valence-electron chi connectivity index (χ4n) is 2.97. The molecule has 1 atom stereocenters. The minimum Gasteiger partial charge on any atom is -0.306 e. The Hall–Kier alpha value is -0.540. The molecule has 1 fully saturated rings. The lowest BCUT2D eigenvalue weighted by molar-refractivity contribution is 0.148. The van der Waals surface area contributed by atoms with Crippen LogP contribution in [0.5, 0.6) is 0 Å². The number of nitrogens with one attached hydrogen (secondary N) is 1. The van der Waals surface area contributed by atoms with Gasteiger partial charge in [0.25, 0.3) is 0 Å². The molecule has 17 heavy (non-hydrogen) atoms. The summed E-state index contributed by atoms with van der Waals surface area (Å²) < 4.78 is 2.03. The molecule has 1 unspecified atom stereocenters. The van der Waals surface area contributed by atoms with E-state index in [1.54, 1.807) is 6.20 Å². The molecule has 0 radical (unpaired) electrons. The summed E-state index contributed by atoms with van der Waals surface area (Å²) in [4.78, 5) is 0. The second-order valence-electron chi connectivity index (χ2n) is 5.84. The van der Waals surface area contributed by atoms with E-state index in [2.05, 4.69) is 38.1 Å². The minimum absolute atomic E-state index is 0.0450. The first-order valence-electron chi connectivity index (χ1n) is 6.39. The van der Waals surface area contributed by atoms with Crippen LogP contribution in [0.4, 0.5) is 0 Å². The lowest BCUT2D eigenvalue weighted by Gasteiger charge is -2.42. The molecule has 1 aromatic rings. The van der Waals surface area contributed by atoms with E-state index >= 15 is 0 Å². The first-order valence-corrected chi connectivity index (χ1v) is 6.77. The smallest absolute Gasteiger partial charge is 0.0837 e. The van der Waals surface area contributed by atoms with Crippen LogP contribution in [0.15, 0.2) is 6.20 Å². The SMILES string of the molecule is CCn1ncc(Cl)c1C1(C(C)(C)C)CCCN1. The van der Waals surface area contributed by atoms with Gasteiger partial charge in [-0.05, 0) is 31.7 Å². The molecule has 2 rings (SSSR count). The summed E-state index contributed by atoms with van der Waals surface area (Å²) in [6.45, 7) is 10.8. The van der Waals surface area contributed by atoms with E-state index in [9.17, 15) is 0 Å². The molecule has 0 aromatic carbocycles. The minimum atomic E-state index is -0.0450. The zero-order valence-corrected chi connectivity index (χ0v) is 11.9. The molecule has 0 amide bonds. The zero-order valence-electron chi connectivity index (χ0n) is 11.2. The van der Waals surface area contributed by atoms with Crippen LogP contribution in [-0.2, 0) is 12.1 Å². The van der Waals surface area contributed by atoms with E-state index in [1.165, 1.54) is 6.42 Å². The number of nitrogens with zero attached hydrogens (tertiary/aromatic N) is 2. The van der Waals surface area contributed by atoms with Gasteiger partial charge < -0.3 is 5.32 Å². The monoisotopic (exact) mass is 255 g/mol. The molecule has 0 bridgehead atoms. The molecule has 96 valence electrons. The van der Waals surface area contributed by atoms with Gasteiger partial charge in [-0.3, -0.25) is 4.68 Å². The Balaban J connectivity index is 2.57. The van der Waals surface area contributed by atoms with Crippen LogP contribution in [0, 0.1) is 5.41 Å². The van der Waals surface area contributed by atoms with E-state index in [1.807, 2.05) is 4.68 Å². The molecule has 0 aliphatic carbocycles. The maximum absolute atomic E-state index is 6.38. The van der Waals surface area contributed by atoms with Gasteiger partial charge in [-0.2, -0.15) is 5.10 Å². The quantitative estimate of drug-likeness (QED) is 0.880. The number of aromatic nitrogens is 2. The molecule has 3 nitrogen and oxygen atoms in total. The standard InChI is InChI=1S/C13H22ClN3/c1-5-17-11(10(14)9-16-17)13(12(2,3)4)7-6-8-15-13/h9,15H,5-8H2,1-4H3. The van der Waals surface area contributed by atoms with Crippen molar-refractivity contribution in [2.75, 3.05) is 6.54 Å². The number of hydrogen-bond donors (Lipinski definition) is 1. The predicted octanol–water partition coefficient (Wildman–Crippen LogP) is 3.18. The molecule has 1 saturated heterocycles. The van der Waals surface area contributed by atoms with Gasteiger partial charge in [0, 0.05) is 6.54 Å². The summed E-state index contributed by atoms with van der Waals surface area (Å²) in [6.07, 6.45) is 4.10. The van der Waals surface area contributed by atoms with Crippen LogP contribution in [-0.4, -0.2) is 16.3 Å². The van der Waals surface area contributed by atoms with Gasteiger partial charge in [-0.15, -0.1) is 0 Å². The zero-order chi connectivity index (χ0) is 12.7. The molecular weight excluding hydrogens is 234 g/mol. The highest BCUT2D eigenvalue weighted by Gasteiger charge is 2.48. The van der Waals surface area contributed by atoms with E-state index in [4.69, 9.17) is 11.6 Å². The molecule has 4 heteroatoms. The summed E-state index contributed by atoms with van der Waals surface area (Å²) in [5, 5.41) is 8.85. The summed E-state index contributed by atoms with van der Waals surface area (Å²) >= 11 is 6.38. The van der Waals surface area contributed by atoms with Gasteiger partial charge >= 0.3 is 0 Å². The molecule has 1 aliphatic rings. The van der Waals surface area contributed by atoms with Crippen molar-refractivity contribution in [3.63, 3.8) is 0 Å². The lowest BCUT2D eigenvalue weighted by atomic mass is 9.70. The van der Waals surface area contributed by atoms with Crippen molar-refractivity contribution in [2.45, 2.75) is 52.6 Å². The second-order valence-corrected chi connectivity index (χ2v) is 6.25. The van der Waals surface area contributed by atoms with Gasteiger partial charge in [-0.1, -0.05) is 32.4 Å². The Labute approximate surface area is 109 Å². The van der Waals surface area contributed by atoms with Gasteiger partial charge in [0.05, 0.1) is 22.5 Å². The lowest BCUT2D eigenvalue weighted by Crippen LogP contribution is -2.49. The fraction of sp³-hybridized carbons (Fsp3) is 0.769. The van der Waals surface area contributed by atoms with Crippen molar-refractivity contribution in [1.82, 2.24) is 15.1 Å². The van der Waals surface area contributed by atoms with Crippen LogP contribution in [0.1, 0.15) is 46.2 Å². The maximum Gasteiger partial charge on any atom is 0.0837 e. The van der Waals surface area contributed by atoms with Crippen molar-refractivity contribution in [3.05, 3.63) is 16.9 Å². The average Bonchev–Trinajstić information content (AvgIpc) is 2.83. The Morgan fingerprint density at radius 1 is 1.53 bits per heavy atom. The maximum atomic E-state index is 6.38. The number of halogens is 1. The van der Waals surface area contributed by atoms with Crippen LogP contribution in [0.3, 0.4) is 0 Å². The van der Waals surface area contributed by atoms with Crippen molar-refractivity contribution < 1.29 is 0 Å². The van der Waals surface area contributed by atoms with E-state index in [-0.39, 0.29) is 11.0 Å². The van der Waals surface area contributed by atoms with Gasteiger partial charge in [0.1, 0.15) is 0 Å². The summed E-state index contributed by atoms with van der Waals surface area (Å²) in [5.41, 5.74) is 1.24. The Morgan fingerprint density at radius 3 is 2.71 bits per heavy atom. The first kappa shape index (κ1) is 12.9. The molecule has 1 aromatic heterocycles. The van der Waals surface area contributed by atoms with Crippen LogP contribution in [0.25, 0.3) is 0 Å². The van der Waals surface area contributed by atoms with Crippen LogP contribution < -0.4 is 5.32 Å². The molecule has 2 heterocycles. The second kappa shape index (κ2) is 4.29. The Bertz CT molecular complexity index is 397. The van der Waals surface area contributed by atoms with Gasteiger partial charge in [0.15, 0.2) is 0 Å². The van der Waals surface area contributed by atoms with E-state index < -0.39 is 0 Å². The van der Waals surface area contributed by atoms with Crippen molar-refractivity contribution in [1.29, 1.82) is 0 Å². The molecule has 0 saturated carbocycles.